The monoisotopic (exact) mass is 461 g/mol. The number of ether oxygens (including phenoxy) is 1. The van der Waals surface area contributed by atoms with E-state index in [0.717, 1.165) is 16.9 Å². The lowest BCUT2D eigenvalue weighted by atomic mass is 9.80. The number of benzene rings is 1. The fourth-order valence-electron chi connectivity index (χ4n) is 5.62. The normalized spacial score (nSPS) is 28.1. The van der Waals surface area contributed by atoms with Crippen LogP contribution >= 0.6 is 0 Å². The van der Waals surface area contributed by atoms with Gasteiger partial charge in [-0.2, -0.15) is 10.4 Å². The molecule has 3 heterocycles. The molecule has 2 atom stereocenters. The molecule has 1 aromatic carbocycles. The largest absolute Gasteiger partial charge is 0.465 e. The van der Waals surface area contributed by atoms with Crippen molar-refractivity contribution in [3.63, 3.8) is 0 Å². The van der Waals surface area contributed by atoms with Crippen molar-refractivity contribution >= 4 is 12.0 Å². The molecule has 9 heteroatoms. The van der Waals surface area contributed by atoms with Gasteiger partial charge in [0, 0.05) is 25.1 Å². The van der Waals surface area contributed by atoms with E-state index >= 15 is 0 Å². The number of nitriles is 1. The van der Waals surface area contributed by atoms with Gasteiger partial charge in [0.05, 0.1) is 35.5 Å². The van der Waals surface area contributed by atoms with Gasteiger partial charge in [0.15, 0.2) is 6.10 Å². The second kappa shape index (κ2) is 8.13. The molecule has 34 heavy (non-hydrogen) atoms. The lowest BCUT2D eigenvalue weighted by Gasteiger charge is -2.34. The first-order chi connectivity index (χ1) is 16.5. The van der Waals surface area contributed by atoms with Gasteiger partial charge in [-0.3, -0.25) is 9.69 Å². The maximum absolute atomic E-state index is 13.1. The highest BCUT2D eigenvalue weighted by atomic mass is 16.5. The topological polar surface area (TPSA) is 120 Å². The predicted octanol–water partition coefficient (Wildman–Crippen LogP) is 3.21. The molecular formula is C25H27N5O4. The number of nitrogens with one attached hydrogen (secondary N) is 1. The van der Waals surface area contributed by atoms with Gasteiger partial charge in [-0.05, 0) is 49.3 Å². The second-order valence-corrected chi connectivity index (χ2v) is 9.80. The van der Waals surface area contributed by atoms with E-state index in [1.54, 1.807) is 0 Å². The zero-order chi connectivity index (χ0) is 23.4. The van der Waals surface area contributed by atoms with Gasteiger partial charge in [-0.15, -0.1) is 0 Å². The molecule has 6 rings (SSSR count). The zero-order valence-corrected chi connectivity index (χ0v) is 18.8. The van der Waals surface area contributed by atoms with Crippen molar-refractivity contribution < 1.29 is 19.4 Å². The van der Waals surface area contributed by atoms with Gasteiger partial charge >= 0.3 is 6.09 Å². The smallest absolute Gasteiger partial charge is 0.407 e. The Kier molecular flexibility index (Phi) is 5.06. The summed E-state index contributed by atoms with van der Waals surface area (Å²) in [7, 11) is 0. The molecular weight excluding hydrogens is 434 g/mol. The third-order valence-electron chi connectivity index (χ3n) is 7.87. The summed E-state index contributed by atoms with van der Waals surface area (Å²) in [6.45, 7) is 0.523. The van der Waals surface area contributed by atoms with Crippen LogP contribution in [-0.2, 0) is 16.0 Å². The van der Waals surface area contributed by atoms with E-state index in [9.17, 15) is 14.7 Å². The number of hydrogen-bond acceptors (Lipinski definition) is 5. The van der Waals surface area contributed by atoms with Crippen LogP contribution < -0.4 is 5.32 Å². The van der Waals surface area contributed by atoms with Crippen molar-refractivity contribution in [2.75, 3.05) is 13.1 Å². The lowest BCUT2D eigenvalue weighted by molar-refractivity contribution is -0.143. The minimum atomic E-state index is -1.01. The summed E-state index contributed by atoms with van der Waals surface area (Å²) >= 11 is 0. The number of nitrogens with zero attached hydrogens (tertiary/aromatic N) is 4. The first-order valence-corrected chi connectivity index (χ1v) is 12.1. The molecule has 2 fully saturated rings. The van der Waals surface area contributed by atoms with Crippen LogP contribution in [0.25, 0.3) is 5.69 Å². The average molecular weight is 462 g/mol. The SMILES string of the molecule is N#CC1CC(OC2C(=O)NCC3c4c2nn(-c2ccc(C5CCC5)cc2)c4CCN3C(=O)O)C1. The van der Waals surface area contributed by atoms with Gasteiger partial charge in [-0.25, -0.2) is 9.48 Å². The third kappa shape index (κ3) is 3.36. The summed E-state index contributed by atoms with van der Waals surface area (Å²) in [6.07, 6.45) is 3.33. The molecule has 0 bridgehead atoms. The zero-order valence-electron chi connectivity index (χ0n) is 18.8. The highest BCUT2D eigenvalue weighted by Crippen LogP contribution is 2.42. The maximum Gasteiger partial charge on any atom is 0.407 e. The molecule has 2 amide bonds. The van der Waals surface area contributed by atoms with Gasteiger partial charge in [0.2, 0.25) is 0 Å². The van der Waals surface area contributed by atoms with Crippen LogP contribution in [0.1, 0.15) is 72.7 Å². The van der Waals surface area contributed by atoms with E-state index < -0.39 is 18.2 Å². The number of rotatable bonds is 4. The molecule has 2 N–H and O–H groups in total. The number of hydrogen-bond donors (Lipinski definition) is 2. The Morgan fingerprint density at radius 2 is 2.00 bits per heavy atom. The van der Waals surface area contributed by atoms with Crippen LogP contribution in [-0.4, -0.2) is 51.0 Å². The first-order valence-electron chi connectivity index (χ1n) is 12.1. The van der Waals surface area contributed by atoms with Crippen molar-refractivity contribution in [3.05, 3.63) is 46.8 Å². The molecule has 2 aromatic rings. The minimum Gasteiger partial charge on any atom is -0.465 e. The number of carbonyl (C=O) groups excluding carboxylic acids is 1. The minimum absolute atomic E-state index is 0.0465. The van der Waals surface area contributed by atoms with Gasteiger partial charge in [0.1, 0.15) is 5.69 Å². The van der Waals surface area contributed by atoms with Crippen molar-refractivity contribution in [2.24, 2.45) is 5.92 Å². The Morgan fingerprint density at radius 3 is 2.65 bits per heavy atom. The van der Waals surface area contributed by atoms with Crippen LogP contribution in [0, 0.1) is 17.2 Å². The van der Waals surface area contributed by atoms with E-state index in [1.807, 2.05) is 4.68 Å². The summed E-state index contributed by atoms with van der Waals surface area (Å²) in [4.78, 5) is 26.4. The van der Waals surface area contributed by atoms with Crippen LogP contribution in [0.2, 0.25) is 0 Å². The Hall–Kier alpha value is -3.38. The van der Waals surface area contributed by atoms with E-state index in [1.165, 1.54) is 29.7 Å². The Bertz CT molecular complexity index is 1170. The van der Waals surface area contributed by atoms with Crippen molar-refractivity contribution in [1.29, 1.82) is 5.26 Å². The van der Waals surface area contributed by atoms with Crippen molar-refractivity contribution in [2.45, 2.75) is 62.7 Å². The fourth-order valence-corrected chi connectivity index (χ4v) is 5.62. The predicted molar refractivity (Wildman–Crippen MR) is 120 cm³/mol. The molecule has 9 nitrogen and oxygen atoms in total. The molecule has 2 aliphatic carbocycles. The van der Waals surface area contributed by atoms with Gasteiger partial charge < -0.3 is 15.2 Å². The number of carboxylic acid groups (broad SMARTS) is 1. The van der Waals surface area contributed by atoms with E-state index in [-0.39, 0.29) is 24.5 Å². The van der Waals surface area contributed by atoms with Crippen LogP contribution in [0.4, 0.5) is 4.79 Å². The van der Waals surface area contributed by atoms with E-state index in [4.69, 9.17) is 15.1 Å². The standard InChI is InChI=1S/C25H27N5O4/c26-12-14-10-18(11-14)34-23-22-21-19(8-9-29(25(32)33)20(21)13-27-24(23)31)30(28-22)17-6-4-16(5-7-17)15-2-1-3-15/h4-7,14-15,18,20,23H,1-3,8-11,13H2,(H,27,31)(H,32,33). The Labute approximate surface area is 197 Å². The fraction of sp³-hybridized carbons (Fsp3) is 0.520. The molecule has 176 valence electrons. The highest BCUT2D eigenvalue weighted by Gasteiger charge is 2.45. The summed E-state index contributed by atoms with van der Waals surface area (Å²) < 4.78 is 8.03. The first kappa shape index (κ1) is 21.2. The quantitative estimate of drug-likeness (QED) is 0.721. The summed E-state index contributed by atoms with van der Waals surface area (Å²) in [6, 6.07) is 10.2. The molecule has 4 aliphatic rings. The van der Waals surface area contributed by atoms with Crippen LogP contribution in [0.5, 0.6) is 0 Å². The molecule has 2 unspecified atom stereocenters. The molecule has 2 saturated carbocycles. The molecule has 0 spiro atoms. The third-order valence-corrected chi connectivity index (χ3v) is 7.87. The average Bonchev–Trinajstić information content (AvgIpc) is 3.09. The summed E-state index contributed by atoms with van der Waals surface area (Å²) in [5.74, 6) is 0.277. The highest BCUT2D eigenvalue weighted by molar-refractivity contribution is 5.83. The number of carbonyl (C=O) groups is 2. The molecule has 0 saturated heterocycles. The Morgan fingerprint density at radius 1 is 1.24 bits per heavy atom. The second-order valence-electron chi connectivity index (χ2n) is 9.80. The van der Waals surface area contributed by atoms with E-state index in [2.05, 4.69) is 35.7 Å². The van der Waals surface area contributed by atoms with Crippen LogP contribution in [0.3, 0.4) is 0 Å². The van der Waals surface area contributed by atoms with Crippen LogP contribution in [0.15, 0.2) is 24.3 Å². The van der Waals surface area contributed by atoms with Crippen molar-refractivity contribution in [3.8, 4) is 11.8 Å². The number of amides is 2. The lowest BCUT2D eigenvalue weighted by Crippen LogP contribution is -2.44. The Balaban J connectivity index is 1.40. The number of aromatic nitrogens is 2. The summed E-state index contributed by atoms with van der Waals surface area (Å²) in [5, 5.41) is 26.6. The molecule has 0 radical (unpaired) electrons. The molecule has 1 aromatic heterocycles. The summed E-state index contributed by atoms with van der Waals surface area (Å²) in [5.41, 5.74) is 4.44. The van der Waals surface area contributed by atoms with Gasteiger partial charge in [0.25, 0.3) is 5.91 Å². The van der Waals surface area contributed by atoms with E-state index in [0.29, 0.717) is 37.4 Å². The maximum atomic E-state index is 13.1. The molecule has 2 aliphatic heterocycles. The van der Waals surface area contributed by atoms with Crippen molar-refractivity contribution in [1.82, 2.24) is 20.0 Å². The van der Waals surface area contributed by atoms with Gasteiger partial charge in [-0.1, -0.05) is 18.6 Å².